The minimum atomic E-state index is -0.396. The van der Waals surface area contributed by atoms with Crippen molar-refractivity contribution in [2.75, 3.05) is 46.7 Å². The topological polar surface area (TPSA) is 39.7 Å². The molecule has 0 radical (unpaired) electrons. The van der Waals surface area contributed by atoms with Gasteiger partial charge in [0.05, 0.1) is 38.1 Å². The lowest BCUT2D eigenvalue weighted by Crippen LogP contribution is -2.20. The Morgan fingerprint density at radius 1 is 1.10 bits per heavy atom. The molecule has 0 atom stereocenters. The van der Waals surface area contributed by atoms with Crippen molar-refractivity contribution in [3.05, 3.63) is 34.6 Å². The van der Waals surface area contributed by atoms with Crippen LogP contribution in [0, 0.1) is 5.82 Å². The quantitative estimate of drug-likeness (QED) is 0.637. The molecular weight excluding hydrogens is 285 g/mol. The van der Waals surface area contributed by atoms with E-state index in [-0.39, 0.29) is 5.02 Å². The molecule has 0 unspecified atom stereocenters. The monoisotopic (exact) mass is 305 g/mol. The summed E-state index contributed by atoms with van der Waals surface area (Å²) in [6, 6.07) is 4.69. The van der Waals surface area contributed by atoms with Crippen LogP contribution in [0.3, 0.4) is 0 Å². The predicted octanol–water partition coefficient (Wildman–Crippen LogP) is 2.25. The van der Waals surface area contributed by atoms with Crippen molar-refractivity contribution in [3.63, 3.8) is 0 Å². The van der Waals surface area contributed by atoms with E-state index in [9.17, 15) is 4.39 Å². The van der Waals surface area contributed by atoms with Crippen LogP contribution in [0.5, 0.6) is 0 Å². The first-order chi connectivity index (χ1) is 9.74. The van der Waals surface area contributed by atoms with Crippen LogP contribution in [-0.4, -0.2) is 46.7 Å². The van der Waals surface area contributed by atoms with E-state index in [1.54, 1.807) is 19.2 Å². The molecular formula is C14H21ClFNO3. The van der Waals surface area contributed by atoms with Crippen molar-refractivity contribution in [3.8, 4) is 0 Å². The number of halogens is 2. The maximum atomic E-state index is 12.9. The highest BCUT2D eigenvalue weighted by Crippen LogP contribution is 2.15. The average molecular weight is 306 g/mol. The summed E-state index contributed by atoms with van der Waals surface area (Å²) in [5.74, 6) is -0.396. The van der Waals surface area contributed by atoms with Crippen LogP contribution >= 0.6 is 11.6 Å². The second kappa shape index (κ2) is 11.0. The number of rotatable bonds is 11. The Morgan fingerprint density at radius 2 is 1.80 bits per heavy atom. The molecule has 0 amide bonds. The lowest BCUT2D eigenvalue weighted by Gasteiger charge is -2.07. The molecule has 0 bridgehead atoms. The Hall–Kier alpha value is -0.720. The molecule has 114 valence electrons. The summed E-state index contributed by atoms with van der Waals surface area (Å²) in [7, 11) is 1.64. The van der Waals surface area contributed by atoms with E-state index in [1.165, 1.54) is 6.07 Å². The normalized spacial score (nSPS) is 10.9. The Morgan fingerprint density at radius 3 is 2.50 bits per heavy atom. The van der Waals surface area contributed by atoms with Gasteiger partial charge in [-0.1, -0.05) is 17.7 Å². The van der Waals surface area contributed by atoms with E-state index in [0.717, 1.165) is 5.56 Å². The van der Waals surface area contributed by atoms with Crippen molar-refractivity contribution in [1.82, 2.24) is 5.32 Å². The molecule has 0 saturated heterocycles. The fraction of sp³-hybridized carbons (Fsp3) is 0.571. The fourth-order valence-corrected chi connectivity index (χ4v) is 1.69. The summed E-state index contributed by atoms with van der Waals surface area (Å²) >= 11 is 5.70. The van der Waals surface area contributed by atoms with E-state index in [4.69, 9.17) is 25.8 Å². The van der Waals surface area contributed by atoms with Crippen LogP contribution in [0.25, 0.3) is 0 Å². The SMILES string of the molecule is COCCOCCOCCNCc1ccc(F)c(Cl)c1. The molecule has 1 rings (SSSR count). The zero-order valence-corrected chi connectivity index (χ0v) is 12.4. The second-order valence-electron chi connectivity index (χ2n) is 4.14. The Bertz CT molecular complexity index is 379. The maximum absolute atomic E-state index is 12.9. The molecule has 0 aromatic heterocycles. The first-order valence-corrected chi connectivity index (χ1v) is 6.91. The van der Waals surface area contributed by atoms with E-state index in [2.05, 4.69) is 5.32 Å². The Labute approximate surface area is 124 Å². The number of benzene rings is 1. The molecule has 0 saturated carbocycles. The van der Waals surface area contributed by atoms with Crippen LogP contribution in [-0.2, 0) is 20.8 Å². The molecule has 20 heavy (non-hydrogen) atoms. The molecule has 0 aliphatic rings. The first-order valence-electron chi connectivity index (χ1n) is 6.53. The van der Waals surface area contributed by atoms with Crippen LogP contribution < -0.4 is 5.32 Å². The summed E-state index contributed by atoms with van der Waals surface area (Å²) < 4.78 is 28.4. The first kappa shape index (κ1) is 17.3. The summed E-state index contributed by atoms with van der Waals surface area (Å²) in [5, 5.41) is 3.34. The summed E-state index contributed by atoms with van der Waals surface area (Å²) in [4.78, 5) is 0. The third kappa shape index (κ3) is 7.77. The maximum Gasteiger partial charge on any atom is 0.141 e. The molecule has 0 aliphatic carbocycles. The van der Waals surface area contributed by atoms with Crippen molar-refractivity contribution in [1.29, 1.82) is 0 Å². The van der Waals surface area contributed by atoms with Crippen LogP contribution in [0.1, 0.15) is 5.56 Å². The molecule has 6 heteroatoms. The number of methoxy groups -OCH3 is 1. The predicted molar refractivity (Wildman–Crippen MR) is 76.6 cm³/mol. The average Bonchev–Trinajstić information content (AvgIpc) is 2.45. The Kier molecular flexibility index (Phi) is 9.53. The van der Waals surface area contributed by atoms with Gasteiger partial charge in [-0.05, 0) is 17.7 Å². The highest BCUT2D eigenvalue weighted by atomic mass is 35.5. The lowest BCUT2D eigenvalue weighted by atomic mass is 10.2. The van der Waals surface area contributed by atoms with Gasteiger partial charge in [0.25, 0.3) is 0 Å². The third-order valence-corrected chi connectivity index (χ3v) is 2.83. The van der Waals surface area contributed by atoms with Gasteiger partial charge in [0.2, 0.25) is 0 Å². The van der Waals surface area contributed by atoms with Crippen LogP contribution in [0.15, 0.2) is 18.2 Å². The third-order valence-electron chi connectivity index (χ3n) is 2.54. The van der Waals surface area contributed by atoms with E-state index < -0.39 is 5.82 Å². The van der Waals surface area contributed by atoms with Gasteiger partial charge in [0.1, 0.15) is 5.82 Å². The van der Waals surface area contributed by atoms with Gasteiger partial charge in [-0.3, -0.25) is 0 Å². The highest BCUT2D eigenvalue weighted by Gasteiger charge is 2.00. The van der Waals surface area contributed by atoms with Crippen LogP contribution in [0.2, 0.25) is 5.02 Å². The molecule has 1 aromatic carbocycles. The van der Waals surface area contributed by atoms with Crippen molar-refractivity contribution in [2.45, 2.75) is 6.54 Å². The molecule has 1 N–H and O–H groups in total. The van der Waals surface area contributed by atoms with Crippen LogP contribution in [0.4, 0.5) is 4.39 Å². The number of hydrogen-bond donors (Lipinski definition) is 1. The fourth-order valence-electron chi connectivity index (χ4n) is 1.49. The minimum absolute atomic E-state index is 0.147. The highest BCUT2D eigenvalue weighted by molar-refractivity contribution is 6.30. The number of ether oxygens (including phenoxy) is 3. The lowest BCUT2D eigenvalue weighted by molar-refractivity contribution is 0.0255. The van der Waals surface area contributed by atoms with Crippen molar-refractivity contribution < 1.29 is 18.6 Å². The van der Waals surface area contributed by atoms with Gasteiger partial charge in [-0.2, -0.15) is 0 Å². The molecule has 1 aromatic rings. The molecule has 0 fully saturated rings. The smallest absolute Gasteiger partial charge is 0.141 e. The molecule has 4 nitrogen and oxygen atoms in total. The van der Waals surface area contributed by atoms with Gasteiger partial charge < -0.3 is 19.5 Å². The zero-order chi connectivity index (χ0) is 14.6. The van der Waals surface area contributed by atoms with Crippen molar-refractivity contribution >= 4 is 11.6 Å². The van der Waals surface area contributed by atoms with Gasteiger partial charge >= 0.3 is 0 Å². The van der Waals surface area contributed by atoms with Gasteiger partial charge in [-0.25, -0.2) is 4.39 Å². The summed E-state index contributed by atoms with van der Waals surface area (Å²) in [5.41, 5.74) is 0.944. The van der Waals surface area contributed by atoms with E-state index in [1.807, 2.05) is 0 Å². The Balaban J connectivity index is 1.95. The molecule has 0 aliphatic heterocycles. The summed E-state index contributed by atoms with van der Waals surface area (Å²) in [6.07, 6.45) is 0. The zero-order valence-electron chi connectivity index (χ0n) is 11.7. The minimum Gasteiger partial charge on any atom is -0.382 e. The van der Waals surface area contributed by atoms with Gasteiger partial charge in [0, 0.05) is 20.2 Å². The number of hydrogen-bond acceptors (Lipinski definition) is 4. The largest absolute Gasteiger partial charge is 0.382 e. The van der Waals surface area contributed by atoms with Gasteiger partial charge in [-0.15, -0.1) is 0 Å². The van der Waals surface area contributed by atoms with Gasteiger partial charge in [0.15, 0.2) is 0 Å². The van der Waals surface area contributed by atoms with Crippen molar-refractivity contribution in [2.24, 2.45) is 0 Å². The second-order valence-corrected chi connectivity index (χ2v) is 4.55. The summed E-state index contributed by atoms with van der Waals surface area (Å²) in [6.45, 7) is 4.26. The van der Waals surface area contributed by atoms with E-state index >= 15 is 0 Å². The molecule has 0 spiro atoms. The standard InChI is InChI=1S/C14H21ClFNO3/c1-18-6-7-20-9-8-19-5-4-17-11-12-2-3-14(16)13(15)10-12/h2-3,10,17H,4-9,11H2,1H3. The van der Waals surface area contributed by atoms with E-state index in [0.29, 0.717) is 46.1 Å². The number of nitrogens with one attached hydrogen (secondary N) is 1. The molecule has 0 heterocycles.